The monoisotopic (exact) mass is 427 g/mol. The molecular weight excluding hydrogens is 410 g/mol. The number of ether oxygens (including phenoxy) is 1. The smallest absolute Gasteiger partial charge is 0.261 e. The zero-order chi connectivity index (χ0) is 20.6. The van der Waals surface area contributed by atoms with Crippen molar-refractivity contribution in [2.45, 2.75) is 11.8 Å². The number of benzene rings is 2. The molecule has 0 bridgehead atoms. The first-order valence-corrected chi connectivity index (χ1v) is 10.6. The topological polar surface area (TPSA) is 72.7 Å². The first kappa shape index (κ1) is 19.3. The lowest BCUT2D eigenvalue weighted by Gasteiger charge is -2.10. The van der Waals surface area contributed by atoms with Crippen molar-refractivity contribution in [3.05, 3.63) is 77.6 Å². The molecule has 0 radical (unpaired) electrons. The summed E-state index contributed by atoms with van der Waals surface area (Å²) in [6.45, 7) is 2.02. The summed E-state index contributed by atoms with van der Waals surface area (Å²) in [5.74, 6) is 0.414. The van der Waals surface area contributed by atoms with Crippen molar-refractivity contribution in [2.75, 3.05) is 11.8 Å². The van der Waals surface area contributed by atoms with Crippen LogP contribution < -0.4 is 9.46 Å². The van der Waals surface area contributed by atoms with Crippen molar-refractivity contribution in [2.24, 2.45) is 0 Å². The molecule has 0 saturated heterocycles. The van der Waals surface area contributed by atoms with E-state index < -0.39 is 10.0 Å². The number of nitrogens with zero attached hydrogens (tertiary/aromatic N) is 2. The van der Waals surface area contributed by atoms with Gasteiger partial charge in [0.15, 0.2) is 0 Å². The van der Waals surface area contributed by atoms with E-state index in [2.05, 4.69) is 9.71 Å². The van der Waals surface area contributed by atoms with Gasteiger partial charge < -0.3 is 9.14 Å². The highest BCUT2D eigenvalue weighted by molar-refractivity contribution is 7.92. The minimum absolute atomic E-state index is 0.0584. The molecule has 4 aromatic rings. The van der Waals surface area contributed by atoms with E-state index in [1.807, 2.05) is 48.0 Å². The zero-order valence-corrected chi connectivity index (χ0v) is 17.3. The van der Waals surface area contributed by atoms with Crippen LogP contribution in [0.1, 0.15) is 5.56 Å². The van der Waals surface area contributed by atoms with Crippen LogP contribution in [-0.4, -0.2) is 24.9 Å². The van der Waals surface area contributed by atoms with Crippen molar-refractivity contribution in [3.63, 3.8) is 0 Å². The first-order valence-electron chi connectivity index (χ1n) is 8.78. The Morgan fingerprint density at radius 2 is 1.83 bits per heavy atom. The average Bonchev–Trinajstić information content (AvgIpc) is 3.11. The maximum Gasteiger partial charge on any atom is 0.261 e. The number of methoxy groups -OCH3 is 1. The molecule has 1 N–H and O–H groups in total. The predicted molar refractivity (Wildman–Crippen MR) is 114 cm³/mol. The third-order valence-corrected chi connectivity index (χ3v) is 6.16. The van der Waals surface area contributed by atoms with Crippen LogP contribution in [0.25, 0.3) is 16.9 Å². The number of nitrogens with one attached hydrogen (secondary N) is 1. The fraction of sp³-hybridized carbons (Fsp3) is 0.0952. The van der Waals surface area contributed by atoms with Gasteiger partial charge in [-0.25, -0.2) is 13.4 Å². The number of imidazole rings is 1. The molecule has 0 fully saturated rings. The Morgan fingerprint density at radius 3 is 2.52 bits per heavy atom. The van der Waals surface area contributed by atoms with E-state index in [4.69, 9.17) is 16.3 Å². The van der Waals surface area contributed by atoms with Gasteiger partial charge >= 0.3 is 0 Å². The maximum absolute atomic E-state index is 12.6. The number of hydrogen-bond acceptors (Lipinski definition) is 4. The Hall–Kier alpha value is -3.03. The summed E-state index contributed by atoms with van der Waals surface area (Å²) in [7, 11) is -2.30. The molecule has 8 heteroatoms. The molecule has 148 valence electrons. The van der Waals surface area contributed by atoms with E-state index >= 15 is 0 Å². The predicted octanol–water partition coefficient (Wildman–Crippen LogP) is 4.77. The Balaban J connectivity index is 1.58. The van der Waals surface area contributed by atoms with Crippen LogP contribution in [0.4, 0.5) is 5.69 Å². The van der Waals surface area contributed by atoms with Crippen LogP contribution in [0.3, 0.4) is 0 Å². The first-order chi connectivity index (χ1) is 13.9. The van der Waals surface area contributed by atoms with Crippen LogP contribution >= 0.6 is 11.6 Å². The molecule has 0 aliphatic rings. The standard InChI is InChI=1S/C21H18ClN3O3S/c1-14-9-10-25-13-19(23-21(25)11-14)15-3-5-16(6-4-15)24-29(26,27)17-7-8-20(28-2)18(22)12-17/h3-13,24H,1-2H3. The van der Waals surface area contributed by atoms with Crippen LogP contribution in [0.5, 0.6) is 5.75 Å². The normalized spacial score (nSPS) is 11.6. The van der Waals surface area contributed by atoms with Gasteiger partial charge in [-0.3, -0.25) is 4.72 Å². The Labute approximate surface area is 173 Å². The molecule has 6 nitrogen and oxygen atoms in total. The number of anilines is 1. The molecule has 2 aromatic heterocycles. The molecular formula is C21H18ClN3O3S. The van der Waals surface area contributed by atoms with Gasteiger partial charge in [-0.2, -0.15) is 0 Å². The minimum Gasteiger partial charge on any atom is -0.495 e. The van der Waals surface area contributed by atoms with Crippen LogP contribution in [0.15, 0.2) is 71.9 Å². The Bertz CT molecular complexity index is 1300. The molecule has 0 atom stereocenters. The molecule has 29 heavy (non-hydrogen) atoms. The Morgan fingerprint density at radius 1 is 1.07 bits per heavy atom. The van der Waals surface area contributed by atoms with Gasteiger partial charge in [0.1, 0.15) is 11.4 Å². The summed E-state index contributed by atoms with van der Waals surface area (Å²) in [5.41, 5.74) is 4.15. The summed E-state index contributed by atoms with van der Waals surface area (Å²) in [5, 5.41) is 0.229. The van der Waals surface area contributed by atoms with Gasteiger partial charge in [0.05, 0.1) is 22.7 Å². The van der Waals surface area contributed by atoms with Gasteiger partial charge in [0.2, 0.25) is 0 Å². The highest BCUT2D eigenvalue weighted by atomic mass is 35.5. The lowest BCUT2D eigenvalue weighted by molar-refractivity contribution is 0.414. The summed E-state index contributed by atoms with van der Waals surface area (Å²) in [6, 6.07) is 15.4. The number of fused-ring (bicyclic) bond motifs is 1. The van der Waals surface area contributed by atoms with Crippen molar-refractivity contribution < 1.29 is 13.2 Å². The number of pyridine rings is 1. The maximum atomic E-state index is 12.6. The molecule has 0 aliphatic carbocycles. The zero-order valence-electron chi connectivity index (χ0n) is 15.8. The van der Waals surface area contributed by atoms with Gasteiger partial charge in [-0.05, 0) is 55.0 Å². The highest BCUT2D eigenvalue weighted by Crippen LogP contribution is 2.28. The Kier molecular flexibility index (Phi) is 4.94. The molecule has 4 rings (SSSR count). The third-order valence-electron chi connectivity index (χ3n) is 4.48. The molecule has 0 spiro atoms. The number of sulfonamides is 1. The van der Waals surface area contributed by atoms with Crippen LogP contribution in [-0.2, 0) is 10.0 Å². The van der Waals surface area contributed by atoms with Crippen LogP contribution in [0, 0.1) is 6.92 Å². The van der Waals surface area contributed by atoms with Gasteiger partial charge in [0.25, 0.3) is 10.0 Å². The van der Waals surface area contributed by atoms with Crippen molar-refractivity contribution in [3.8, 4) is 17.0 Å². The van der Waals surface area contributed by atoms with Gasteiger partial charge in [0, 0.05) is 23.6 Å². The van der Waals surface area contributed by atoms with E-state index in [1.54, 1.807) is 12.1 Å². The fourth-order valence-electron chi connectivity index (χ4n) is 2.96. The number of halogens is 1. The average molecular weight is 428 g/mol. The number of aryl methyl sites for hydroxylation is 1. The second-order valence-corrected chi connectivity index (χ2v) is 8.66. The quantitative estimate of drug-likeness (QED) is 0.497. The van der Waals surface area contributed by atoms with Crippen molar-refractivity contribution in [1.29, 1.82) is 0 Å². The summed E-state index contributed by atoms with van der Waals surface area (Å²) >= 11 is 6.04. The van der Waals surface area contributed by atoms with E-state index in [9.17, 15) is 8.42 Å². The molecule has 0 saturated carbocycles. The SMILES string of the molecule is COc1ccc(S(=O)(=O)Nc2ccc(-c3cn4ccc(C)cc4n3)cc2)cc1Cl. The van der Waals surface area contributed by atoms with E-state index in [0.717, 1.165) is 22.5 Å². The molecule has 0 amide bonds. The number of rotatable bonds is 5. The second kappa shape index (κ2) is 7.42. The fourth-order valence-corrected chi connectivity index (χ4v) is 4.37. The second-order valence-electron chi connectivity index (χ2n) is 6.57. The molecule has 0 unspecified atom stereocenters. The van der Waals surface area contributed by atoms with Crippen molar-refractivity contribution in [1.82, 2.24) is 9.38 Å². The van der Waals surface area contributed by atoms with Crippen LogP contribution in [0.2, 0.25) is 5.02 Å². The summed E-state index contributed by atoms with van der Waals surface area (Å²) in [4.78, 5) is 4.68. The summed E-state index contributed by atoms with van der Waals surface area (Å²) < 4.78 is 34.8. The molecule has 0 aliphatic heterocycles. The third kappa shape index (κ3) is 3.92. The summed E-state index contributed by atoms with van der Waals surface area (Å²) in [6.07, 6.45) is 3.90. The highest BCUT2D eigenvalue weighted by Gasteiger charge is 2.16. The molecule has 2 heterocycles. The van der Waals surface area contributed by atoms with Gasteiger partial charge in [-0.15, -0.1) is 0 Å². The largest absolute Gasteiger partial charge is 0.495 e. The molecule has 2 aromatic carbocycles. The lowest BCUT2D eigenvalue weighted by atomic mass is 10.1. The lowest BCUT2D eigenvalue weighted by Crippen LogP contribution is -2.12. The van der Waals surface area contributed by atoms with Gasteiger partial charge in [-0.1, -0.05) is 23.7 Å². The minimum atomic E-state index is -3.77. The van der Waals surface area contributed by atoms with E-state index in [1.165, 1.54) is 25.3 Å². The number of aromatic nitrogens is 2. The van der Waals surface area contributed by atoms with Crippen molar-refractivity contribution >= 4 is 33.0 Å². The van der Waals surface area contributed by atoms with E-state index in [0.29, 0.717) is 11.4 Å². The van der Waals surface area contributed by atoms with E-state index in [-0.39, 0.29) is 9.92 Å². The number of hydrogen-bond donors (Lipinski definition) is 1.